The predicted molar refractivity (Wildman–Crippen MR) is 108 cm³/mol. The number of carbonyl (C=O) groups excluding carboxylic acids is 2. The molecular formula is C22H18N2O3. The molecule has 134 valence electrons. The summed E-state index contributed by atoms with van der Waals surface area (Å²) in [5.74, 6) is -1.05. The van der Waals surface area contributed by atoms with Gasteiger partial charge in [-0.05, 0) is 54.1 Å². The standard InChI is InChI=1S/C22H18N2O3/c1-24(2)15-7-5-14(6-8-15)23-17-10-12-18(25)16-9-3-13-4-11-19(26)22(27)20(13)21(16)17/h3-12,23,25H,1-2H3. The van der Waals surface area contributed by atoms with Gasteiger partial charge in [0.15, 0.2) is 0 Å². The second-order valence-electron chi connectivity index (χ2n) is 6.68. The second kappa shape index (κ2) is 6.29. The molecule has 0 fully saturated rings. The molecule has 0 heterocycles. The van der Waals surface area contributed by atoms with Crippen LogP contribution in [0.5, 0.6) is 5.75 Å². The fourth-order valence-corrected chi connectivity index (χ4v) is 3.30. The highest BCUT2D eigenvalue weighted by atomic mass is 16.3. The Morgan fingerprint density at radius 2 is 1.63 bits per heavy atom. The molecule has 27 heavy (non-hydrogen) atoms. The average Bonchev–Trinajstić information content (AvgIpc) is 2.67. The van der Waals surface area contributed by atoms with Crippen LogP contribution >= 0.6 is 0 Å². The highest BCUT2D eigenvalue weighted by Crippen LogP contribution is 2.38. The summed E-state index contributed by atoms with van der Waals surface area (Å²) in [6, 6.07) is 14.7. The fraction of sp³-hybridized carbons (Fsp3) is 0.0909. The van der Waals surface area contributed by atoms with Crippen molar-refractivity contribution in [2.24, 2.45) is 0 Å². The number of nitrogens with zero attached hydrogens (tertiary/aromatic N) is 1. The molecule has 0 radical (unpaired) electrons. The van der Waals surface area contributed by atoms with E-state index >= 15 is 0 Å². The van der Waals surface area contributed by atoms with Crippen molar-refractivity contribution in [3.05, 3.63) is 65.7 Å². The molecule has 4 rings (SSSR count). The Morgan fingerprint density at radius 3 is 2.33 bits per heavy atom. The molecule has 1 aliphatic carbocycles. The van der Waals surface area contributed by atoms with Gasteiger partial charge in [-0.15, -0.1) is 0 Å². The van der Waals surface area contributed by atoms with Crippen LogP contribution in [0.4, 0.5) is 17.1 Å². The summed E-state index contributed by atoms with van der Waals surface area (Å²) < 4.78 is 0. The summed E-state index contributed by atoms with van der Waals surface area (Å²) in [7, 11) is 3.94. The van der Waals surface area contributed by atoms with Crippen molar-refractivity contribution in [3.63, 3.8) is 0 Å². The Hall–Kier alpha value is -3.60. The Balaban J connectivity index is 1.88. The van der Waals surface area contributed by atoms with Crippen molar-refractivity contribution in [1.29, 1.82) is 0 Å². The molecular weight excluding hydrogens is 340 g/mol. The third-order valence-electron chi connectivity index (χ3n) is 4.72. The zero-order valence-electron chi connectivity index (χ0n) is 15.0. The Morgan fingerprint density at radius 1 is 0.889 bits per heavy atom. The minimum Gasteiger partial charge on any atom is -0.507 e. The lowest BCUT2D eigenvalue weighted by atomic mass is 9.89. The van der Waals surface area contributed by atoms with Gasteiger partial charge in [0, 0.05) is 47.5 Å². The molecule has 0 atom stereocenters. The number of Topliss-reactive ketones (excluding diaryl/α,β-unsaturated/α-hetero) is 1. The summed E-state index contributed by atoms with van der Waals surface area (Å²) in [5.41, 5.74) is 3.57. The lowest BCUT2D eigenvalue weighted by molar-refractivity contribution is -0.110. The van der Waals surface area contributed by atoms with Gasteiger partial charge in [0.1, 0.15) is 5.75 Å². The zero-order chi connectivity index (χ0) is 19.1. The SMILES string of the molecule is CN(C)c1ccc(Nc2ccc(O)c3ccc4c(c23)C(=O)C(=O)C=C4)cc1. The first-order valence-corrected chi connectivity index (χ1v) is 8.55. The number of rotatable bonds is 3. The number of hydrogen-bond donors (Lipinski definition) is 2. The Labute approximate surface area is 156 Å². The Bertz CT molecular complexity index is 1110. The maximum absolute atomic E-state index is 12.6. The van der Waals surface area contributed by atoms with Gasteiger partial charge < -0.3 is 15.3 Å². The lowest BCUT2D eigenvalue weighted by Crippen LogP contribution is -2.17. The van der Waals surface area contributed by atoms with Crippen molar-refractivity contribution in [1.82, 2.24) is 0 Å². The first-order valence-electron chi connectivity index (χ1n) is 8.55. The number of allylic oxidation sites excluding steroid dienone is 1. The van der Waals surface area contributed by atoms with Crippen LogP contribution in [0.3, 0.4) is 0 Å². The Kier molecular flexibility index (Phi) is 3.92. The normalized spacial score (nSPS) is 13.0. The minimum atomic E-state index is -0.560. The molecule has 5 heteroatoms. The van der Waals surface area contributed by atoms with Crippen molar-refractivity contribution < 1.29 is 14.7 Å². The van der Waals surface area contributed by atoms with Crippen LogP contribution < -0.4 is 10.2 Å². The van der Waals surface area contributed by atoms with Gasteiger partial charge in [0.25, 0.3) is 0 Å². The molecule has 3 aromatic rings. The molecule has 0 aromatic heterocycles. The monoisotopic (exact) mass is 358 g/mol. The van der Waals surface area contributed by atoms with E-state index in [4.69, 9.17) is 0 Å². The molecule has 0 amide bonds. The van der Waals surface area contributed by atoms with Gasteiger partial charge in [-0.1, -0.05) is 12.1 Å². The van der Waals surface area contributed by atoms with E-state index in [9.17, 15) is 14.7 Å². The third kappa shape index (κ3) is 2.83. The van der Waals surface area contributed by atoms with E-state index in [0.29, 0.717) is 27.6 Å². The number of anilines is 3. The summed E-state index contributed by atoms with van der Waals surface area (Å²) in [4.78, 5) is 26.5. The molecule has 0 saturated heterocycles. The quantitative estimate of drug-likeness (QED) is 0.544. The number of hydrogen-bond acceptors (Lipinski definition) is 5. The molecule has 5 nitrogen and oxygen atoms in total. The largest absolute Gasteiger partial charge is 0.507 e. The van der Waals surface area contributed by atoms with E-state index in [1.807, 2.05) is 43.3 Å². The van der Waals surface area contributed by atoms with Crippen LogP contribution in [-0.4, -0.2) is 30.8 Å². The van der Waals surface area contributed by atoms with Crippen molar-refractivity contribution in [2.75, 3.05) is 24.3 Å². The second-order valence-corrected chi connectivity index (χ2v) is 6.68. The summed E-state index contributed by atoms with van der Waals surface area (Å²) in [6.07, 6.45) is 2.92. The number of phenolic OH excluding ortho intramolecular Hbond substituents is 1. The van der Waals surface area contributed by atoms with Gasteiger partial charge in [0.2, 0.25) is 11.6 Å². The third-order valence-corrected chi connectivity index (χ3v) is 4.72. The maximum Gasteiger partial charge on any atom is 0.234 e. The van der Waals surface area contributed by atoms with E-state index in [-0.39, 0.29) is 5.75 Å². The molecule has 0 saturated carbocycles. The molecule has 0 bridgehead atoms. The molecule has 3 aromatic carbocycles. The lowest BCUT2D eigenvalue weighted by Gasteiger charge is -2.18. The van der Waals surface area contributed by atoms with Crippen LogP contribution in [0, 0.1) is 0 Å². The molecule has 2 N–H and O–H groups in total. The highest BCUT2D eigenvalue weighted by molar-refractivity contribution is 6.52. The zero-order valence-corrected chi connectivity index (χ0v) is 15.0. The van der Waals surface area contributed by atoms with Crippen LogP contribution in [0.15, 0.2) is 54.6 Å². The maximum atomic E-state index is 12.6. The molecule has 0 spiro atoms. The van der Waals surface area contributed by atoms with Gasteiger partial charge in [0.05, 0.1) is 0 Å². The number of fused-ring (bicyclic) bond motifs is 3. The van der Waals surface area contributed by atoms with Crippen molar-refractivity contribution in [3.8, 4) is 5.75 Å². The number of aromatic hydroxyl groups is 1. The van der Waals surface area contributed by atoms with Crippen molar-refractivity contribution in [2.45, 2.75) is 0 Å². The average molecular weight is 358 g/mol. The predicted octanol–water partition coefficient (Wildman–Crippen LogP) is 4.13. The fourth-order valence-electron chi connectivity index (χ4n) is 3.30. The first-order chi connectivity index (χ1) is 13.0. The number of nitrogens with one attached hydrogen (secondary N) is 1. The van der Waals surface area contributed by atoms with E-state index < -0.39 is 11.6 Å². The van der Waals surface area contributed by atoms with E-state index in [1.54, 1.807) is 30.3 Å². The van der Waals surface area contributed by atoms with E-state index in [0.717, 1.165) is 11.4 Å². The van der Waals surface area contributed by atoms with Gasteiger partial charge in [-0.3, -0.25) is 9.59 Å². The topological polar surface area (TPSA) is 69.6 Å². The number of benzene rings is 3. The minimum absolute atomic E-state index is 0.0658. The first kappa shape index (κ1) is 16.8. The van der Waals surface area contributed by atoms with E-state index in [2.05, 4.69) is 5.32 Å². The summed E-state index contributed by atoms with van der Waals surface area (Å²) in [6.45, 7) is 0. The van der Waals surface area contributed by atoms with Gasteiger partial charge in [-0.2, -0.15) is 0 Å². The van der Waals surface area contributed by atoms with Crippen LogP contribution in [0.2, 0.25) is 0 Å². The smallest absolute Gasteiger partial charge is 0.234 e. The van der Waals surface area contributed by atoms with Crippen LogP contribution in [-0.2, 0) is 4.79 Å². The van der Waals surface area contributed by atoms with Gasteiger partial charge >= 0.3 is 0 Å². The number of ketones is 2. The summed E-state index contributed by atoms with van der Waals surface area (Å²) >= 11 is 0. The summed E-state index contributed by atoms with van der Waals surface area (Å²) in [5, 5.41) is 14.6. The number of phenols is 1. The highest BCUT2D eigenvalue weighted by Gasteiger charge is 2.25. The van der Waals surface area contributed by atoms with Crippen LogP contribution in [0.1, 0.15) is 15.9 Å². The van der Waals surface area contributed by atoms with E-state index in [1.165, 1.54) is 6.08 Å². The molecule has 0 unspecified atom stereocenters. The molecule has 0 aliphatic heterocycles. The number of carbonyl (C=O) groups is 2. The molecule has 1 aliphatic rings. The van der Waals surface area contributed by atoms with Crippen molar-refractivity contribution >= 4 is 45.5 Å². The van der Waals surface area contributed by atoms with Crippen LogP contribution in [0.25, 0.3) is 16.8 Å². The van der Waals surface area contributed by atoms with Gasteiger partial charge in [-0.25, -0.2) is 0 Å².